The first-order valence-electron chi connectivity index (χ1n) is 12.2. The third kappa shape index (κ3) is 4.96. The molecule has 0 saturated carbocycles. The summed E-state index contributed by atoms with van der Waals surface area (Å²) in [5.41, 5.74) is 4.60. The quantitative estimate of drug-likeness (QED) is 0.544. The van der Waals surface area contributed by atoms with Crippen molar-refractivity contribution in [2.24, 2.45) is 10.8 Å². The number of fused-ring (bicyclic) bond motifs is 2. The molecule has 2 aliphatic heterocycles. The zero-order valence-corrected chi connectivity index (χ0v) is 21.3. The predicted molar refractivity (Wildman–Crippen MR) is 142 cm³/mol. The van der Waals surface area contributed by atoms with Gasteiger partial charge >= 0.3 is 0 Å². The summed E-state index contributed by atoms with van der Waals surface area (Å²) < 4.78 is 15.4. The van der Waals surface area contributed by atoms with Crippen LogP contribution in [0, 0.1) is 16.6 Å². The number of anilines is 4. The Balaban J connectivity index is 1.33. The van der Waals surface area contributed by atoms with Crippen molar-refractivity contribution in [2.75, 3.05) is 62.4 Å². The Bertz CT molecular complexity index is 1190. The number of hydrogen-bond acceptors (Lipinski definition) is 6. The van der Waals surface area contributed by atoms with E-state index in [1.807, 2.05) is 44.4 Å². The SMILES string of the molecule is CN1CC2(C)CN(c3ccc(Nc4nccc(-c5ccc(N(C)C)cc5)n4)cc3F)CC(C)(C1)C2. The van der Waals surface area contributed by atoms with Crippen LogP contribution in [0.2, 0.25) is 0 Å². The van der Waals surface area contributed by atoms with Gasteiger partial charge in [0.25, 0.3) is 0 Å². The zero-order chi connectivity index (χ0) is 24.8. The second kappa shape index (κ2) is 8.79. The van der Waals surface area contributed by atoms with Crippen molar-refractivity contribution in [1.29, 1.82) is 0 Å². The van der Waals surface area contributed by atoms with Crippen LogP contribution >= 0.6 is 0 Å². The van der Waals surface area contributed by atoms with Crippen LogP contribution in [0.25, 0.3) is 11.3 Å². The van der Waals surface area contributed by atoms with Crippen LogP contribution in [0.15, 0.2) is 54.7 Å². The van der Waals surface area contributed by atoms with Crippen molar-refractivity contribution >= 4 is 23.0 Å². The number of rotatable bonds is 5. The summed E-state index contributed by atoms with van der Waals surface area (Å²) in [7, 11) is 6.23. The molecule has 1 aromatic heterocycles. The Hall–Kier alpha value is -3.19. The van der Waals surface area contributed by atoms with Crippen molar-refractivity contribution in [1.82, 2.24) is 14.9 Å². The highest BCUT2D eigenvalue weighted by atomic mass is 19.1. The van der Waals surface area contributed by atoms with Crippen LogP contribution in [-0.4, -0.2) is 62.2 Å². The monoisotopic (exact) mass is 474 g/mol. The lowest BCUT2D eigenvalue weighted by atomic mass is 9.65. The van der Waals surface area contributed by atoms with E-state index in [4.69, 9.17) is 0 Å². The summed E-state index contributed by atoms with van der Waals surface area (Å²) >= 11 is 0. The molecule has 6 nitrogen and oxygen atoms in total. The lowest BCUT2D eigenvalue weighted by Gasteiger charge is -2.56. The van der Waals surface area contributed by atoms with Crippen LogP contribution in [0.5, 0.6) is 0 Å². The molecule has 3 heterocycles. The second-order valence-electron chi connectivity index (χ2n) is 11.3. The van der Waals surface area contributed by atoms with Crippen molar-refractivity contribution in [3.8, 4) is 11.3 Å². The molecule has 2 unspecified atom stereocenters. The summed E-state index contributed by atoms with van der Waals surface area (Å²) in [4.78, 5) is 15.7. The number of halogens is 1. The number of hydrogen-bond donors (Lipinski definition) is 1. The molecule has 0 radical (unpaired) electrons. The van der Waals surface area contributed by atoms with Gasteiger partial charge in [0.2, 0.25) is 5.95 Å². The Morgan fingerprint density at radius 1 is 0.943 bits per heavy atom. The van der Waals surface area contributed by atoms with Gasteiger partial charge in [-0.05, 0) is 60.7 Å². The average Bonchev–Trinajstić information content (AvgIpc) is 2.77. The maximum Gasteiger partial charge on any atom is 0.227 e. The van der Waals surface area contributed by atoms with Gasteiger partial charge in [0.15, 0.2) is 0 Å². The number of nitrogens with zero attached hydrogens (tertiary/aromatic N) is 5. The van der Waals surface area contributed by atoms with Gasteiger partial charge in [-0.25, -0.2) is 14.4 Å². The van der Waals surface area contributed by atoms with E-state index < -0.39 is 0 Å². The number of benzene rings is 2. The van der Waals surface area contributed by atoms with Gasteiger partial charge in [0.1, 0.15) is 5.82 Å². The Morgan fingerprint density at radius 3 is 2.26 bits per heavy atom. The molecule has 0 spiro atoms. The van der Waals surface area contributed by atoms with Gasteiger partial charge < -0.3 is 20.0 Å². The minimum absolute atomic E-state index is 0.169. The largest absolute Gasteiger partial charge is 0.378 e. The number of aromatic nitrogens is 2. The predicted octanol–water partition coefficient (Wildman–Crippen LogP) is 5.26. The van der Waals surface area contributed by atoms with Gasteiger partial charge in [0, 0.05) is 63.4 Å². The minimum atomic E-state index is -0.217. The highest BCUT2D eigenvalue weighted by molar-refractivity contribution is 5.65. The topological polar surface area (TPSA) is 47.5 Å². The summed E-state index contributed by atoms with van der Waals surface area (Å²) in [6.45, 7) is 8.50. The van der Waals surface area contributed by atoms with Gasteiger partial charge in [-0.1, -0.05) is 26.0 Å². The molecule has 2 aromatic carbocycles. The molecule has 0 amide bonds. The molecule has 5 rings (SSSR count). The van der Waals surface area contributed by atoms with E-state index in [-0.39, 0.29) is 16.6 Å². The van der Waals surface area contributed by atoms with E-state index in [0.29, 0.717) is 17.3 Å². The lowest BCUT2D eigenvalue weighted by Crippen LogP contribution is -2.61. The van der Waals surface area contributed by atoms with Crippen molar-refractivity contribution in [3.05, 3.63) is 60.5 Å². The number of likely N-dealkylation sites (tertiary alicyclic amines) is 1. The molecule has 184 valence electrons. The van der Waals surface area contributed by atoms with E-state index in [2.05, 4.69) is 63.0 Å². The molecule has 0 aliphatic carbocycles. The van der Waals surface area contributed by atoms with Crippen molar-refractivity contribution < 1.29 is 4.39 Å². The molecule has 2 aliphatic rings. The Kier molecular flexibility index (Phi) is 5.91. The van der Waals surface area contributed by atoms with Crippen LogP contribution < -0.4 is 15.1 Å². The van der Waals surface area contributed by atoms with Crippen molar-refractivity contribution in [3.63, 3.8) is 0 Å². The van der Waals surface area contributed by atoms with Gasteiger partial charge in [-0.2, -0.15) is 0 Å². The maximum atomic E-state index is 15.4. The van der Waals surface area contributed by atoms with E-state index in [1.54, 1.807) is 12.3 Å². The van der Waals surface area contributed by atoms with Gasteiger partial charge in [0.05, 0.1) is 11.4 Å². The normalized spacial score (nSPS) is 24.3. The van der Waals surface area contributed by atoms with E-state index >= 15 is 4.39 Å². The fourth-order valence-electron chi connectivity index (χ4n) is 6.34. The molecule has 3 aromatic rings. The Morgan fingerprint density at radius 2 is 1.63 bits per heavy atom. The van der Waals surface area contributed by atoms with Gasteiger partial charge in [-0.3, -0.25) is 0 Å². The molecular formula is C28H35FN6. The summed E-state index contributed by atoms with van der Waals surface area (Å²) in [5, 5.41) is 3.18. The van der Waals surface area contributed by atoms with Gasteiger partial charge in [-0.15, -0.1) is 0 Å². The van der Waals surface area contributed by atoms with Crippen molar-refractivity contribution in [2.45, 2.75) is 20.3 Å². The first-order valence-corrected chi connectivity index (χ1v) is 12.2. The van der Waals surface area contributed by atoms with Crippen LogP contribution in [-0.2, 0) is 0 Å². The highest BCUT2D eigenvalue weighted by Crippen LogP contribution is 2.46. The molecule has 1 N–H and O–H groups in total. The molecule has 2 bridgehead atoms. The molecule has 2 atom stereocenters. The molecular weight excluding hydrogens is 439 g/mol. The maximum absolute atomic E-state index is 15.4. The molecule has 7 heteroatoms. The standard InChI is InChI=1S/C28H35FN6/c1-27-15-28(2,17-34(5)16-27)19-35(18-27)25-11-8-21(14-23(25)29)31-26-30-13-12-24(32-26)20-6-9-22(10-7-20)33(3)4/h6-14H,15-19H2,1-5H3,(H,30,31,32). The smallest absolute Gasteiger partial charge is 0.227 e. The zero-order valence-electron chi connectivity index (χ0n) is 21.3. The van der Waals surface area contributed by atoms with E-state index in [1.165, 1.54) is 6.42 Å². The van der Waals surface area contributed by atoms with Crippen LogP contribution in [0.1, 0.15) is 20.3 Å². The minimum Gasteiger partial charge on any atom is -0.378 e. The molecule has 2 fully saturated rings. The van der Waals surface area contributed by atoms with Crippen LogP contribution in [0.3, 0.4) is 0 Å². The first-order chi connectivity index (χ1) is 16.6. The second-order valence-corrected chi connectivity index (χ2v) is 11.3. The molecule has 2 saturated heterocycles. The third-order valence-electron chi connectivity index (χ3n) is 7.18. The summed E-state index contributed by atoms with van der Waals surface area (Å²) in [6.07, 6.45) is 2.91. The summed E-state index contributed by atoms with van der Waals surface area (Å²) in [6, 6.07) is 15.5. The highest BCUT2D eigenvalue weighted by Gasteiger charge is 2.47. The number of nitrogens with one attached hydrogen (secondary N) is 1. The third-order valence-corrected chi connectivity index (χ3v) is 7.18. The fourth-order valence-corrected chi connectivity index (χ4v) is 6.34. The molecule has 35 heavy (non-hydrogen) atoms. The fraction of sp³-hybridized carbons (Fsp3) is 0.429. The van der Waals surface area contributed by atoms with E-state index in [0.717, 1.165) is 43.1 Å². The summed E-state index contributed by atoms with van der Waals surface area (Å²) in [5.74, 6) is 0.229. The lowest BCUT2D eigenvalue weighted by molar-refractivity contribution is 0.00514. The van der Waals surface area contributed by atoms with Crippen LogP contribution in [0.4, 0.5) is 27.4 Å². The Labute approximate surface area is 207 Å². The van der Waals surface area contributed by atoms with E-state index in [9.17, 15) is 0 Å². The first kappa shape index (κ1) is 23.5. The average molecular weight is 475 g/mol. The number of piperidine rings is 2.